The molecule has 1 fully saturated rings. The van der Waals surface area contributed by atoms with E-state index in [0.717, 1.165) is 5.56 Å². The highest BCUT2D eigenvalue weighted by molar-refractivity contribution is 5.89. The fourth-order valence-electron chi connectivity index (χ4n) is 3.50. The van der Waals surface area contributed by atoms with Gasteiger partial charge in [0, 0.05) is 0 Å². The molecule has 2 aromatic heterocycles. The second-order valence-electron chi connectivity index (χ2n) is 8.56. The maximum atomic E-state index is 12.4. The Morgan fingerprint density at radius 3 is 2.55 bits per heavy atom. The van der Waals surface area contributed by atoms with Gasteiger partial charge in [-0.05, 0) is 23.1 Å². The molecule has 10 nitrogen and oxygen atoms in total. The summed E-state index contributed by atoms with van der Waals surface area (Å²) in [6.45, 7) is 6.04. The molecule has 164 valence electrons. The third kappa shape index (κ3) is 3.97. The quantitative estimate of drug-likeness (QED) is 0.522. The summed E-state index contributed by atoms with van der Waals surface area (Å²) >= 11 is 0. The summed E-state index contributed by atoms with van der Waals surface area (Å²) < 4.78 is 12.6. The number of aromatic nitrogens is 4. The van der Waals surface area contributed by atoms with E-state index in [1.807, 2.05) is 12.1 Å². The molecule has 3 aromatic rings. The molecule has 0 saturated carbocycles. The van der Waals surface area contributed by atoms with Crippen molar-refractivity contribution in [2.45, 2.75) is 50.7 Å². The molecular formula is C21H25N5O5. The van der Waals surface area contributed by atoms with Crippen molar-refractivity contribution in [1.82, 2.24) is 19.5 Å². The van der Waals surface area contributed by atoms with Gasteiger partial charge in [0.15, 0.2) is 17.7 Å². The Bertz CT molecular complexity index is 1090. The van der Waals surface area contributed by atoms with E-state index in [9.17, 15) is 15.0 Å². The fourth-order valence-corrected chi connectivity index (χ4v) is 3.50. The third-order valence-electron chi connectivity index (χ3n) is 5.36. The predicted octanol–water partition coefficient (Wildman–Crippen LogP) is 1.18. The van der Waals surface area contributed by atoms with Gasteiger partial charge in [0.1, 0.15) is 36.8 Å². The Balaban J connectivity index is 1.44. The molecule has 0 amide bonds. The van der Waals surface area contributed by atoms with Crippen LogP contribution < -0.4 is 5.73 Å². The molecule has 0 spiro atoms. The normalized spacial score (nSPS) is 23.9. The molecule has 1 aliphatic heterocycles. The number of nitrogen functional groups attached to an aromatic ring is 1. The molecule has 4 N–H and O–H groups in total. The van der Waals surface area contributed by atoms with Gasteiger partial charge in [-0.1, -0.05) is 32.9 Å². The number of fused-ring (bicyclic) bond motifs is 1. The van der Waals surface area contributed by atoms with Crippen molar-refractivity contribution in [3.63, 3.8) is 0 Å². The summed E-state index contributed by atoms with van der Waals surface area (Å²) in [5.41, 5.74) is 7.98. The summed E-state index contributed by atoms with van der Waals surface area (Å²) in [6, 6.07) is 7.17. The summed E-state index contributed by atoms with van der Waals surface area (Å²) in [4.78, 5) is 24.5. The molecule has 0 aliphatic carbocycles. The van der Waals surface area contributed by atoms with Gasteiger partial charge in [0.2, 0.25) is 0 Å². The number of hydrogen-bond acceptors (Lipinski definition) is 9. The molecule has 4 atom stereocenters. The lowest BCUT2D eigenvalue weighted by molar-refractivity contribution is -0.0565. The fraction of sp³-hybridized carbons (Fsp3) is 0.429. The molecule has 31 heavy (non-hydrogen) atoms. The summed E-state index contributed by atoms with van der Waals surface area (Å²) in [5, 5.41) is 20.9. The van der Waals surface area contributed by atoms with Crippen LogP contribution in [0.2, 0.25) is 0 Å². The van der Waals surface area contributed by atoms with Gasteiger partial charge in [0.25, 0.3) is 0 Å². The highest BCUT2D eigenvalue weighted by atomic mass is 16.6. The van der Waals surface area contributed by atoms with Crippen LogP contribution in [0.25, 0.3) is 11.2 Å². The average molecular weight is 427 g/mol. The Morgan fingerprint density at radius 2 is 1.87 bits per heavy atom. The minimum absolute atomic E-state index is 0.0253. The molecule has 1 saturated heterocycles. The van der Waals surface area contributed by atoms with Crippen LogP contribution >= 0.6 is 0 Å². The van der Waals surface area contributed by atoms with E-state index in [1.54, 1.807) is 12.1 Å². The van der Waals surface area contributed by atoms with E-state index >= 15 is 0 Å². The van der Waals surface area contributed by atoms with E-state index < -0.39 is 30.5 Å². The van der Waals surface area contributed by atoms with Crippen LogP contribution in [0.3, 0.4) is 0 Å². The van der Waals surface area contributed by atoms with Crippen LogP contribution in [0.15, 0.2) is 36.9 Å². The molecule has 0 bridgehead atoms. The number of benzene rings is 1. The molecule has 4 rings (SSSR count). The summed E-state index contributed by atoms with van der Waals surface area (Å²) in [6.07, 6.45) is -1.75. The second-order valence-corrected chi connectivity index (χ2v) is 8.56. The molecule has 1 aromatic carbocycles. The van der Waals surface area contributed by atoms with Gasteiger partial charge in [-0.2, -0.15) is 0 Å². The largest absolute Gasteiger partial charge is 0.459 e. The van der Waals surface area contributed by atoms with E-state index in [-0.39, 0.29) is 17.8 Å². The van der Waals surface area contributed by atoms with Gasteiger partial charge in [0.05, 0.1) is 11.9 Å². The van der Waals surface area contributed by atoms with Crippen molar-refractivity contribution in [1.29, 1.82) is 0 Å². The van der Waals surface area contributed by atoms with Crippen LogP contribution in [-0.2, 0) is 14.9 Å². The van der Waals surface area contributed by atoms with Crippen molar-refractivity contribution in [3.8, 4) is 0 Å². The minimum atomic E-state index is -1.27. The minimum Gasteiger partial charge on any atom is -0.459 e. The number of carbonyl (C=O) groups excluding carboxylic acids is 1. The number of rotatable bonds is 4. The van der Waals surface area contributed by atoms with E-state index in [1.165, 1.54) is 17.2 Å². The van der Waals surface area contributed by atoms with Crippen LogP contribution in [0.4, 0.5) is 5.82 Å². The van der Waals surface area contributed by atoms with Crippen LogP contribution in [0, 0.1) is 0 Å². The Labute approximate surface area is 178 Å². The number of ether oxygens (including phenoxy) is 2. The maximum absolute atomic E-state index is 12.4. The first-order valence-electron chi connectivity index (χ1n) is 9.89. The third-order valence-corrected chi connectivity index (χ3v) is 5.36. The summed E-state index contributed by atoms with van der Waals surface area (Å²) in [5.74, 6) is -0.345. The van der Waals surface area contributed by atoms with Crippen LogP contribution in [0.1, 0.15) is 42.9 Å². The zero-order valence-corrected chi connectivity index (χ0v) is 17.5. The SMILES string of the molecule is CC(C)(C)c1ccc(C(=O)OC[C@H]2O[C@@H](n3cnc4c(N)ncnc43)[C@H](O)[C@@H]2O)cc1. The number of hydrogen-bond donors (Lipinski definition) is 3. The number of nitrogens with two attached hydrogens (primary N) is 1. The van der Waals surface area contributed by atoms with Gasteiger partial charge in [-0.25, -0.2) is 19.7 Å². The second kappa shape index (κ2) is 7.88. The zero-order chi connectivity index (χ0) is 22.3. The number of nitrogens with zero attached hydrogens (tertiary/aromatic N) is 4. The highest BCUT2D eigenvalue weighted by Gasteiger charge is 2.45. The smallest absolute Gasteiger partial charge is 0.338 e. The van der Waals surface area contributed by atoms with Crippen LogP contribution in [-0.4, -0.2) is 60.6 Å². The standard InChI is InChI=1S/C21H25N5O5/c1-21(2,3)12-6-4-11(5-7-12)20(29)30-8-13-15(27)16(28)19(31-13)26-10-25-14-17(22)23-9-24-18(14)26/h4-7,9-10,13,15-16,19,27-28H,8H2,1-3H3,(H2,22,23,24)/t13-,15-,16-,19-/m1/s1. The van der Waals surface area contributed by atoms with Crippen molar-refractivity contribution < 1.29 is 24.5 Å². The molecule has 1 aliphatic rings. The number of esters is 1. The van der Waals surface area contributed by atoms with Crippen molar-refractivity contribution in [2.75, 3.05) is 12.3 Å². The Hall–Kier alpha value is -3.08. The molecular weight excluding hydrogens is 402 g/mol. The van der Waals surface area contributed by atoms with E-state index in [0.29, 0.717) is 16.7 Å². The first kappa shape index (κ1) is 21.2. The predicted molar refractivity (Wildman–Crippen MR) is 111 cm³/mol. The first-order valence-corrected chi connectivity index (χ1v) is 9.89. The molecule has 10 heteroatoms. The van der Waals surface area contributed by atoms with Gasteiger partial charge in [-0.3, -0.25) is 4.57 Å². The summed E-state index contributed by atoms with van der Waals surface area (Å²) in [7, 11) is 0. The number of carbonyl (C=O) groups is 1. The topological polar surface area (TPSA) is 146 Å². The lowest BCUT2D eigenvalue weighted by atomic mass is 9.87. The van der Waals surface area contributed by atoms with Crippen molar-refractivity contribution in [2.24, 2.45) is 0 Å². The zero-order valence-electron chi connectivity index (χ0n) is 17.5. The Morgan fingerprint density at radius 1 is 1.16 bits per heavy atom. The average Bonchev–Trinajstić information content (AvgIpc) is 3.28. The lowest BCUT2D eigenvalue weighted by Crippen LogP contribution is -2.34. The van der Waals surface area contributed by atoms with E-state index in [4.69, 9.17) is 15.2 Å². The van der Waals surface area contributed by atoms with Gasteiger partial charge < -0.3 is 25.4 Å². The molecule has 0 unspecified atom stereocenters. The molecule has 3 heterocycles. The number of anilines is 1. The van der Waals surface area contributed by atoms with Gasteiger partial charge >= 0.3 is 5.97 Å². The number of aliphatic hydroxyl groups excluding tert-OH is 2. The number of aliphatic hydroxyl groups is 2. The van der Waals surface area contributed by atoms with Crippen LogP contribution in [0.5, 0.6) is 0 Å². The highest BCUT2D eigenvalue weighted by Crippen LogP contribution is 2.32. The Kier molecular flexibility index (Phi) is 5.38. The lowest BCUT2D eigenvalue weighted by Gasteiger charge is -2.19. The molecule has 0 radical (unpaired) electrons. The monoisotopic (exact) mass is 427 g/mol. The van der Waals surface area contributed by atoms with Crippen molar-refractivity contribution >= 4 is 23.0 Å². The van der Waals surface area contributed by atoms with E-state index in [2.05, 4.69) is 35.7 Å². The first-order chi connectivity index (χ1) is 14.7. The number of imidazole rings is 1. The van der Waals surface area contributed by atoms with Gasteiger partial charge in [-0.15, -0.1) is 0 Å². The van der Waals surface area contributed by atoms with Crippen molar-refractivity contribution in [3.05, 3.63) is 48.0 Å². The maximum Gasteiger partial charge on any atom is 0.338 e.